The van der Waals surface area contributed by atoms with Crippen molar-refractivity contribution in [3.05, 3.63) is 35.9 Å². The van der Waals surface area contributed by atoms with Gasteiger partial charge in [0.05, 0.1) is 0 Å². The fourth-order valence-corrected chi connectivity index (χ4v) is 3.15. The summed E-state index contributed by atoms with van der Waals surface area (Å²) in [4.78, 5) is 0. The van der Waals surface area contributed by atoms with Crippen LogP contribution in [0, 0.1) is 5.92 Å². The Hall–Kier alpha value is -0.570. The second-order valence-electron chi connectivity index (χ2n) is 5.37. The van der Waals surface area contributed by atoms with Gasteiger partial charge in [-0.3, -0.25) is 0 Å². The third-order valence-corrected chi connectivity index (χ3v) is 4.18. The summed E-state index contributed by atoms with van der Waals surface area (Å²) in [6, 6.07) is 10.0. The first-order valence-corrected chi connectivity index (χ1v) is 7.27. The monoisotopic (exact) mass is 267 g/mol. The molecule has 0 spiro atoms. The predicted octanol–water partition coefficient (Wildman–Crippen LogP) is 2.89. The highest BCUT2D eigenvalue weighted by atomic mass is 35.5. The van der Waals surface area contributed by atoms with E-state index in [9.17, 15) is 5.11 Å². The number of aliphatic hydroxyl groups is 1. The normalized spacial score (nSPS) is 27.7. The van der Waals surface area contributed by atoms with E-state index in [0.29, 0.717) is 18.2 Å². The molecule has 1 saturated heterocycles. The van der Waals surface area contributed by atoms with E-state index in [2.05, 4.69) is 12.2 Å². The average Bonchev–Trinajstić information content (AvgIpc) is 2.40. The van der Waals surface area contributed by atoms with Gasteiger partial charge in [-0.25, -0.2) is 0 Å². The third-order valence-electron chi connectivity index (χ3n) is 3.99. The summed E-state index contributed by atoms with van der Waals surface area (Å²) in [5.74, 6) is 1.12. The molecule has 0 aromatic heterocycles. The summed E-state index contributed by atoms with van der Waals surface area (Å²) < 4.78 is 0. The van der Waals surface area contributed by atoms with Crippen LogP contribution in [-0.2, 0) is 5.60 Å². The van der Waals surface area contributed by atoms with Crippen molar-refractivity contribution in [1.29, 1.82) is 0 Å². The number of benzene rings is 1. The van der Waals surface area contributed by atoms with Gasteiger partial charge in [0.1, 0.15) is 5.60 Å². The second-order valence-corrected chi connectivity index (χ2v) is 5.74. The molecular weight excluding hydrogens is 246 g/mol. The van der Waals surface area contributed by atoms with Crippen molar-refractivity contribution in [2.24, 2.45) is 5.92 Å². The number of piperidine rings is 1. The highest BCUT2D eigenvalue weighted by Crippen LogP contribution is 2.34. The van der Waals surface area contributed by atoms with Gasteiger partial charge in [0.2, 0.25) is 0 Å². The first-order chi connectivity index (χ1) is 8.66. The Morgan fingerprint density at radius 2 is 2.11 bits per heavy atom. The first-order valence-electron chi connectivity index (χ1n) is 6.74. The molecule has 3 unspecified atom stereocenters. The van der Waals surface area contributed by atoms with Crippen molar-refractivity contribution in [1.82, 2.24) is 5.32 Å². The van der Waals surface area contributed by atoms with Gasteiger partial charge in [0, 0.05) is 11.9 Å². The summed E-state index contributed by atoms with van der Waals surface area (Å²) in [5.41, 5.74) is 0.120. The van der Waals surface area contributed by atoms with Crippen LogP contribution in [0.4, 0.5) is 0 Å². The standard InChI is InChI=1S/C15H22ClNO/c1-12-7-10-17-14(11-12)15(18,8-9-16)13-5-3-2-4-6-13/h2-6,12,14,17-18H,7-11H2,1H3. The molecule has 2 rings (SSSR count). The molecule has 1 fully saturated rings. The molecule has 1 aromatic carbocycles. The fraction of sp³-hybridized carbons (Fsp3) is 0.600. The van der Waals surface area contributed by atoms with E-state index in [0.717, 1.165) is 18.5 Å². The van der Waals surface area contributed by atoms with Crippen molar-refractivity contribution in [2.75, 3.05) is 12.4 Å². The molecule has 1 heterocycles. The molecule has 1 aliphatic rings. The maximum Gasteiger partial charge on any atom is 0.106 e. The summed E-state index contributed by atoms with van der Waals surface area (Å²) in [7, 11) is 0. The first kappa shape index (κ1) is 13.9. The topological polar surface area (TPSA) is 32.3 Å². The molecule has 0 amide bonds. The van der Waals surface area contributed by atoms with Crippen molar-refractivity contribution < 1.29 is 5.11 Å². The van der Waals surface area contributed by atoms with Crippen LogP contribution in [0.2, 0.25) is 0 Å². The summed E-state index contributed by atoms with van der Waals surface area (Å²) in [6.45, 7) is 3.23. The van der Waals surface area contributed by atoms with Crippen molar-refractivity contribution in [3.8, 4) is 0 Å². The zero-order valence-electron chi connectivity index (χ0n) is 10.9. The molecule has 18 heavy (non-hydrogen) atoms. The zero-order valence-corrected chi connectivity index (χ0v) is 11.7. The van der Waals surface area contributed by atoms with Crippen LogP contribution in [0.5, 0.6) is 0 Å². The molecular formula is C15H22ClNO. The Morgan fingerprint density at radius 3 is 2.72 bits per heavy atom. The number of alkyl halides is 1. The Bertz CT molecular complexity index is 370. The van der Waals surface area contributed by atoms with Gasteiger partial charge in [-0.15, -0.1) is 11.6 Å². The molecule has 0 aliphatic carbocycles. The Balaban J connectivity index is 2.25. The van der Waals surface area contributed by atoms with E-state index < -0.39 is 5.60 Å². The third kappa shape index (κ3) is 2.87. The Morgan fingerprint density at radius 1 is 1.39 bits per heavy atom. The molecule has 2 N–H and O–H groups in total. The van der Waals surface area contributed by atoms with Gasteiger partial charge in [0.25, 0.3) is 0 Å². The summed E-state index contributed by atoms with van der Waals surface area (Å²) in [6.07, 6.45) is 2.77. The van der Waals surface area contributed by atoms with Gasteiger partial charge in [-0.2, -0.15) is 0 Å². The fourth-order valence-electron chi connectivity index (χ4n) is 2.86. The molecule has 3 heteroatoms. The van der Waals surface area contributed by atoms with Crippen LogP contribution >= 0.6 is 11.6 Å². The van der Waals surface area contributed by atoms with Crippen molar-refractivity contribution >= 4 is 11.6 Å². The zero-order chi connectivity index (χ0) is 13.0. The molecule has 3 atom stereocenters. The number of halogens is 1. The van der Waals surface area contributed by atoms with Crippen LogP contribution in [-0.4, -0.2) is 23.6 Å². The SMILES string of the molecule is CC1CCNC(C(O)(CCCl)c2ccccc2)C1. The highest BCUT2D eigenvalue weighted by Gasteiger charge is 2.39. The number of rotatable bonds is 4. The summed E-state index contributed by atoms with van der Waals surface area (Å²) >= 11 is 5.90. The minimum absolute atomic E-state index is 0.0994. The minimum Gasteiger partial charge on any atom is -0.383 e. The lowest BCUT2D eigenvalue weighted by atomic mass is 9.78. The van der Waals surface area contributed by atoms with Crippen LogP contribution in [0.1, 0.15) is 31.7 Å². The van der Waals surface area contributed by atoms with E-state index in [-0.39, 0.29) is 6.04 Å². The molecule has 100 valence electrons. The Labute approximate surface area is 114 Å². The average molecular weight is 268 g/mol. The highest BCUT2D eigenvalue weighted by molar-refractivity contribution is 6.17. The number of nitrogens with one attached hydrogen (secondary N) is 1. The van der Waals surface area contributed by atoms with Crippen LogP contribution in [0.15, 0.2) is 30.3 Å². The smallest absolute Gasteiger partial charge is 0.106 e. The lowest BCUT2D eigenvalue weighted by Crippen LogP contribution is -2.52. The van der Waals surface area contributed by atoms with Crippen LogP contribution in [0.3, 0.4) is 0 Å². The predicted molar refractivity (Wildman–Crippen MR) is 75.9 cm³/mol. The maximum absolute atomic E-state index is 11.1. The van der Waals surface area contributed by atoms with E-state index in [1.165, 1.54) is 6.42 Å². The van der Waals surface area contributed by atoms with Gasteiger partial charge in [-0.1, -0.05) is 37.3 Å². The largest absolute Gasteiger partial charge is 0.383 e. The molecule has 1 aromatic rings. The quantitative estimate of drug-likeness (QED) is 0.823. The summed E-state index contributed by atoms with van der Waals surface area (Å²) in [5, 5.41) is 14.5. The van der Waals surface area contributed by atoms with E-state index >= 15 is 0 Å². The van der Waals surface area contributed by atoms with Crippen molar-refractivity contribution in [3.63, 3.8) is 0 Å². The second kappa shape index (κ2) is 6.05. The molecule has 0 radical (unpaired) electrons. The molecule has 2 nitrogen and oxygen atoms in total. The van der Waals surface area contributed by atoms with E-state index in [1.807, 2.05) is 30.3 Å². The number of hydrogen-bond donors (Lipinski definition) is 2. The van der Waals surface area contributed by atoms with Gasteiger partial charge >= 0.3 is 0 Å². The lowest BCUT2D eigenvalue weighted by molar-refractivity contribution is -0.0214. The molecule has 1 aliphatic heterocycles. The molecule has 0 bridgehead atoms. The van der Waals surface area contributed by atoms with E-state index in [4.69, 9.17) is 11.6 Å². The van der Waals surface area contributed by atoms with Gasteiger partial charge < -0.3 is 10.4 Å². The lowest BCUT2D eigenvalue weighted by Gasteiger charge is -2.41. The minimum atomic E-state index is -0.850. The van der Waals surface area contributed by atoms with E-state index in [1.54, 1.807) is 0 Å². The number of hydrogen-bond acceptors (Lipinski definition) is 2. The van der Waals surface area contributed by atoms with Crippen LogP contribution in [0.25, 0.3) is 0 Å². The van der Waals surface area contributed by atoms with Gasteiger partial charge in [-0.05, 0) is 37.3 Å². The van der Waals surface area contributed by atoms with Gasteiger partial charge in [0.15, 0.2) is 0 Å². The molecule has 0 saturated carbocycles. The Kier molecular flexibility index (Phi) is 4.66. The maximum atomic E-state index is 11.1. The van der Waals surface area contributed by atoms with Crippen molar-refractivity contribution in [2.45, 2.75) is 37.8 Å². The van der Waals surface area contributed by atoms with Crippen LogP contribution < -0.4 is 5.32 Å².